The Balaban J connectivity index is 1.33. The van der Waals surface area contributed by atoms with Crippen LogP contribution in [0.4, 0.5) is 4.79 Å². The molecule has 3 aliphatic rings. The van der Waals surface area contributed by atoms with Crippen molar-refractivity contribution in [3.8, 4) is 11.5 Å². The lowest BCUT2D eigenvalue weighted by molar-refractivity contribution is -0.130. The van der Waals surface area contributed by atoms with Crippen LogP contribution in [0.15, 0.2) is 18.2 Å². The first-order valence-corrected chi connectivity index (χ1v) is 8.15. The minimum absolute atomic E-state index is 0.0927. The van der Waals surface area contributed by atoms with Crippen LogP contribution in [0.2, 0.25) is 0 Å². The van der Waals surface area contributed by atoms with Gasteiger partial charge >= 0.3 is 6.09 Å². The molecule has 0 N–H and O–H groups in total. The van der Waals surface area contributed by atoms with Gasteiger partial charge in [0.2, 0.25) is 12.7 Å². The van der Waals surface area contributed by atoms with E-state index in [1.54, 1.807) is 16.8 Å². The Kier molecular flexibility index (Phi) is 3.51. The number of fused-ring (bicyclic) bond motifs is 1. The van der Waals surface area contributed by atoms with E-state index in [2.05, 4.69) is 0 Å². The summed E-state index contributed by atoms with van der Waals surface area (Å²) in [5.41, 5.74) is 0.536. The van der Waals surface area contributed by atoms with Crippen molar-refractivity contribution in [3.05, 3.63) is 23.8 Å². The molecule has 0 bridgehead atoms. The molecule has 3 heterocycles. The molecule has 2 amide bonds. The summed E-state index contributed by atoms with van der Waals surface area (Å²) in [7, 11) is 1.72. The highest BCUT2D eigenvalue weighted by Gasteiger charge is 2.49. The van der Waals surface area contributed by atoms with Crippen LogP contribution in [0, 0.1) is 0 Å². The summed E-state index contributed by atoms with van der Waals surface area (Å²) >= 11 is 0. The number of rotatable bonds is 3. The monoisotopic (exact) mass is 332 g/mol. The number of hydrogen-bond donors (Lipinski definition) is 0. The molecule has 1 atom stereocenters. The second-order valence-electron chi connectivity index (χ2n) is 6.66. The van der Waals surface area contributed by atoms with Gasteiger partial charge in [0.1, 0.15) is 0 Å². The van der Waals surface area contributed by atoms with Crippen LogP contribution in [0.1, 0.15) is 18.4 Å². The summed E-state index contributed by atoms with van der Waals surface area (Å²) in [6.07, 6.45) is 1.49. The third-order valence-corrected chi connectivity index (χ3v) is 4.87. The molecule has 1 aromatic carbocycles. The molecule has 0 aromatic heterocycles. The number of amides is 2. The molecule has 128 valence electrons. The molecule has 4 rings (SSSR count). The van der Waals surface area contributed by atoms with Crippen LogP contribution in [0.5, 0.6) is 11.5 Å². The molecular formula is C17H20N2O5. The molecular weight excluding hydrogens is 312 g/mol. The van der Waals surface area contributed by atoms with Crippen molar-refractivity contribution >= 4 is 12.0 Å². The molecule has 2 saturated heterocycles. The Morgan fingerprint density at radius 2 is 2.08 bits per heavy atom. The van der Waals surface area contributed by atoms with Crippen molar-refractivity contribution in [2.24, 2.45) is 0 Å². The van der Waals surface area contributed by atoms with Crippen molar-refractivity contribution < 1.29 is 23.8 Å². The van der Waals surface area contributed by atoms with Gasteiger partial charge in [-0.3, -0.25) is 4.79 Å². The summed E-state index contributed by atoms with van der Waals surface area (Å²) in [5, 5.41) is 0. The van der Waals surface area contributed by atoms with E-state index in [9.17, 15) is 9.59 Å². The van der Waals surface area contributed by atoms with E-state index < -0.39 is 5.60 Å². The van der Waals surface area contributed by atoms with E-state index in [0.717, 1.165) is 17.1 Å². The van der Waals surface area contributed by atoms with Crippen LogP contribution in [0.3, 0.4) is 0 Å². The maximum atomic E-state index is 12.5. The highest BCUT2D eigenvalue weighted by Crippen LogP contribution is 2.34. The first-order valence-electron chi connectivity index (χ1n) is 8.15. The Labute approximate surface area is 140 Å². The number of likely N-dealkylation sites (tertiary alicyclic amines) is 1. The van der Waals surface area contributed by atoms with Crippen LogP contribution in [-0.4, -0.2) is 60.9 Å². The number of likely N-dealkylation sites (N-methyl/N-ethyl adjacent to an activating group) is 1. The van der Waals surface area contributed by atoms with Gasteiger partial charge in [-0.05, 0) is 24.1 Å². The van der Waals surface area contributed by atoms with E-state index >= 15 is 0 Å². The Morgan fingerprint density at radius 3 is 2.88 bits per heavy atom. The highest BCUT2D eigenvalue weighted by atomic mass is 16.7. The Bertz CT molecular complexity index is 692. The standard InChI is InChI=1S/C17H20N2O5/c1-18-9-17(24-16(18)21)6-7-19(10-17)15(20)5-3-12-2-4-13-14(8-12)23-11-22-13/h2,4,8H,3,5-7,9-11H2,1H3/t17-/m0/s1. The summed E-state index contributed by atoms with van der Waals surface area (Å²) in [4.78, 5) is 27.4. The van der Waals surface area contributed by atoms with E-state index in [4.69, 9.17) is 14.2 Å². The fourth-order valence-corrected chi connectivity index (χ4v) is 3.57. The molecule has 1 aromatic rings. The van der Waals surface area contributed by atoms with E-state index in [1.807, 2.05) is 18.2 Å². The van der Waals surface area contributed by atoms with E-state index in [1.165, 1.54) is 0 Å². The first kappa shape index (κ1) is 15.1. The third kappa shape index (κ3) is 2.64. The Hall–Kier alpha value is -2.44. The normalized spacial score (nSPS) is 24.8. The molecule has 0 radical (unpaired) electrons. The molecule has 24 heavy (non-hydrogen) atoms. The average molecular weight is 332 g/mol. The highest BCUT2D eigenvalue weighted by molar-refractivity contribution is 5.77. The number of hydrogen-bond acceptors (Lipinski definition) is 5. The SMILES string of the molecule is CN1C[C@]2(CCN(C(=O)CCc3ccc4c(c3)OCO4)C2)OC1=O. The number of carbonyl (C=O) groups is 2. The molecule has 0 aliphatic carbocycles. The smallest absolute Gasteiger partial charge is 0.410 e. The number of aryl methyl sites for hydroxylation is 1. The van der Waals surface area contributed by atoms with Crippen molar-refractivity contribution in [3.63, 3.8) is 0 Å². The summed E-state index contributed by atoms with van der Waals surface area (Å²) in [6.45, 7) is 1.93. The topological polar surface area (TPSA) is 68.3 Å². The molecule has 7 nitrogen and oxygen atoms in total. The molecule has 1 spiro atoms. The lowest BCUT2D eigenvalue weighted by Crippen LogP contribution is -2.39. The zero-order chi connectivity index (χ0) is 16.7. The average Bonchev–Trinajstić information content (AvgIpc) is 3.25. The van der Waals surface area contributed by atoms with Crippen LogP contribution in [0.25, 0.3) is 0 Å². The molecule has 0 saturated carbocycles. The van der Waals surface area contributed by atoms with Gasteiger partial charge in [-0.1, -0.05) is 6.07 Å². The second kappa shape index (κ2) is 5.58. The summed E-state index contributed by atoms with van der Waals surface area (Å²) in [5.74, 6) is 1.58. The maximum Gasteiger partial charge on any atom is 0.410 e. The van der Waals surface area contributed by atoms with Crippen molar-refractivity contribution in [2.75, 3.05) is 33.5 Å². The molecule has 2 fully saturated rings. The quantitative estimate of drug-likeness (QED) is 0.837. The predicted octanol–water partition coefficient (Wildman–Crippen LogP) is 1.40. The summed E-state index contributed by atoms with van der Waals surface area (Å²) in [6, 6.07) is 5.76. The van der Waals surface area contributed by atoms with Crippen molar-refractivity contribution in [2.45, 2.75) is 24.9 Å². The first-order chi connectivity index (χ1) is 11.5. The van der Waals surface area contributed by atoms with Crippen LogP contribution in [-0.2, 0) is 16.0 Å². The van der Waals surface area contributed by atoms with Gasteiger partial charge in [0.25, 0.3) is 0 Å². The van der Waals surface area contributed by atoms with E-state index in [-0.39, 0.29) is 18.8 Å². The minimum Gasteiger partial charge on any atom is -0.454 e. The van der Waals surface area contributed by atoms with Gasteiger partial charge in [0, 0.05) is 26.4 Å². The maximum absolute atomic E-state index is 12.5. The van der Waals surface area contributed by atoms with Gasteiger partial charge < -0.3 is 24.0 Å². The molecule has 7 heteroatoms. The molecule has 3 aliphatic heterocycles. The lowest BCUT2D eigenvalue weighted by Gasteiger charge is -2.21. The van der Waals surface area contributed by atoms with Gasteiger partial charge in [0.15, 0.2) is 17.1 Å². The Morgan fingerprint density at radius 1 is 1.25 bits per heavy atom. The van der Waals surface area contributed by atoms with Gasteiger partial charge in [0.05, 0.1) is 13.1 Å². The van der Waals surface area contributed by atoms with Gasteiger partial charge in [-0.15, -0.1) is 0 Å². The molecule has 0 unspecified atom stereocenters. The van der Waals surface area contributed by atoms with Gasteiger partial charge in [-0.25, -0.2) is 4.79 Å². The minimum atomic E-state index is -0.514. The lowest BCUT2D eigenvalue weighted by atomic mass is 10.0. The van der Waals surface area contributed by atoms with Crippen molar-refractivity contribution in [1.82, 2.24) is 9.80 Å². The predicted molar refractivity (Wildman–Crippen MR) is 83.9 cm³/mol. The van der Waals surface area contributed by atoms with Gasteiger partial charge in [-0.2, -0.15) is 0 Å². The summed E-state index contributed by atoms with van der Waals surface area (Å²) < 4.78 is 16.1. The zero-order valence-electron chi connectivity index (χ0n) is 13.6. The number of nitrogens with zero attached hydrogens (tertiary/aromatic N) is 2. The van der Waals surface area contributed by atoms with E-state index in [0.29, 0.717) is 38.9 Å². The zero-order valence-corrected chi connectivity index (χ0v) is 13.6. The largest absolute Gasteiger partial charge is 0.454 e. The van der Waals surface area contributed by atoms with Crippen LogP contribution < -0.4 is 9.47 Å². The fourth-order valence-electron chi connectivity index (χ4n) is 3.57. The fraction of sp³-hybridized carbons (Fsp3) is 0.529. The second-order valence-corrected chi connectivity index (χ2v) is 6.66. The van der Waals surface area contributed by atoms with Crippen molar-refractivity contribution in [1.29, 1.82) is 0 Å². The number of carbonyl (C=O) groups excluding carboxylic acids is 2. The number of ether oxygens (including phenoxy) is 3. The third-order valence-electron chi connectivity index (χ3n) is 4.87. The van der Waals surface area contributed by atoms with Crippen LogP contribution >= 0.6 is 0 Å². The number of benzene rings is 1.